The van der Waals surface area contributed by atoms with Crippen molar-refractivity contribution in [2.24, 2.45) is 5.14 Å². The van der Waals surface area contributed by atoms with Crippen molar-refractivity contribution >= 4 is 48.2 Å². The zero-order chi connectivity index (χ0) is 20.6. The first kappa shape index (κ1) is 21.8. The predicted molar refractivity (Wildman–Crippen MR) is 98.4 cm³/mol. The van der Waals surface area contributed by atoms with Crippen molar-refractivity contribution in [1.82, 2.24) is 0 Å². The van der Waals surface area contributed by atoms with Crippen molar-refractivity contribution in [3.63, 3.8) is 0 Å². The maximum absolute atomic E-state index is 13.2. The summed E-state index contributed by atoms with van der Waals surface area (Å²) in [5.74, 6) is -2.66. The Bertz CT molecular complexity index is 1110. The first-order valence-corrected chi connectivity index (χ1v) is 11.3. The minimum atomic E-state index is -4.87. The van der Waals surface area contributed by atoms with Gasteiger partial charge in [-0.15, -0.1) is 0 Å². The monoisotopic (exact) mass is 533 g/mol. The van der Waals surface area contributed by atoms with E-state index >= 15 is 0 Å². The van der Waals surface area contributed by atoms with Crippen molar-refractivity contribution in [2.45, 2.75) is 16.0 Å². The normalized spacial score (nSPS) is 12.8. The molecule has 27 heavy (non-hydrogen) atoms. The SMILES string of the molecule is NS(=O)(=O)c1ccccc1S(=O)(=O)CC(=O)c1ccc(I)cc1C(F)(F)F. The number of sulfonamides is 1. The molecule has 0 atom stereocenters. The number of sulfone groups is 1. The fraction of sp³-hybridized carbons (Fsp3) is 0.133. The van der Waals surface area contributed by atoms with Gasteiger partial charge in [0, 0.05) is 9.13 Å². The number of Topliss-reactive ketones (excluding diaryl/α,β-unsaturated/α-hetero) is 1. The molecule has 0 aromatic heterocycles. The van der Waals surface area contributed by atoms with E-state index in [0.717, 1.165) is 24.3 Å². The van der Waals surface area contributed by atoms with E-state index in [4.69, 9.17) is 5.14 Å². The standard InChI is InChI=1S/C15H11F3INO5S2/c16-15(17,18)11-7-9(19)5-6-10(11)12(21)8-26(22,23)13-3-1-2-4-14(13)27(20,24)25/h1-7H,8H2,(H2,20,24,25). The second-order valence-corrected chi connectivity index (χ2v) is 10.1. The maximum atomic E-state index is 13.2. The molecule has 0 aliphatic rings. The maximum Gasteiger partial charge on any atom is 0.417 e. The van der Waals surface area contributed by atoms with Gasteiger partial charge < -0.3 is 0 Å². The molecule has 12 heteroatoms. The van der Waals surface area contributed by atoms with Gasteiger partial charge in [-0.1, -0.05) is 12.1 Å². The lowest BCUT2D eigenvalue weighted by Gasteiger charge is -2.13. The van der Waals surface area contributed by atoms with Crippen LogP contribution >= 0.6 is 22.6 Å². The largest absolute Gasteiger partial charge is 0.417 e. The van der Waals surface area contributed by atoms with Gasteiger partial charge in [-0.05, 0) is 52.9 Å². The van der Waals surface area contributed by atoms with Crippen LogP contribution < -0.4 is 5.14 Å². The number of benzene rings is 2. The van der Waals surface area contributed by atoms with Crippen LogP contribution in [0.2, 0.25) is 0 Å². The van der Waals surface area contributed by atoms with Gasteiger partial charge in [-0.25, -0.2) is 22.0 Å². The molecule has 0 radical (unpaired) electrons. The molecular weight excluding hydrogens is 522 g/mol. The highest BCUT2D eigenvalue weighted by molar-refractivity contribution is 14.1. The number of ketones is 1. The smallest absolute Gasteiger partial charge is 0.293 e. The molecule has 0 amide bonds. The summed E-state index contributed by atoms with van der Waals surface area (Å²) < 4.78 is 87.8. The van der Waals surface area contributed by atoms with E-state index in [1.54, 1.807) is 22.6 Å². The summed E-state index contributed by atoms with van der Waals surface area (Å²) in [6.07, 6.45) is -4.87. The van der Waals surface area contributed by atoms with Crippen LogP contribution in [0, 0.1) is 3.57 Å². The van der Waals surface area contributed by atoms with E-state index in [-0.39, 0.29) is 3.57 Å². The van der Waals surface area contributed by atoms with Gasteiger partial charge in [-0.3, -0.25) is 4.79 Å². The van der Waals surface area contributed by atoms with E-state index < -0.39 is 58.5 Å². The van der Waals surface area contributed by atoms with E-state index in [1.807, 2.05) is 0 Å². The Balaban J connectivity index is 2.52. The first-order valence-electron chi connectivity index (χ1n) is 6.98. The van der Waals surface area contributed by atoms with Crippen LogP contribution in [0.25, 0.3) is 0 Å². The molecule has 0 saturated carbocycles. The third kappa shape index (κ3) is 5.06. The summed E-state index contributed by atoms with van der Waals surface area (Å²) >= 11 is 1.63. The first-order chi connectivity index (χ1) is 12.2. The average molecular weight is 533 g/mol. The Hall–Kier alpha value is -1.51. The van der Waals surface area contributed by atoms with Crippen molar-refractivity contribution in [3.05, 3.63) is 57.2 Å². The molecule has 0 unspecified atom stereocenters. The zero-order valence-electron chi connectivity index (χ0n) is 13.2. The number of alkyl halides is 3. The average Bonchev–Trinajstić information content (AvgIpc) is 2.52. The quantitative estimate of drug-likeness (QED) is 0.470. The van der Waals surface area contributed by atoms with Crippen LogP contribution in [-0.2, 0) is 26.0 Å². The molecule has 0 aliphatic heterocycles. The number of hydrogen-bond donors (Lipinski definition) is 1. The van der Waals surface area contributed by atoms with Gasteiger partial charge in [0.1, 0.15) is 10.6 Å². The molecule has 6 nitrogen and oxygen atoms in total. The van der Waals surface area contributed by atoms with Gasteiger partial charge in [-0.2, -0.15) is 13.2 Å². The van der Waals surface area contributed by atoms with Crippen LogP contribution in [0.4, 0.5) is 13.2 Å². The third-order valence-electron chi connectivity index (χ3n) is 3.40. The Labute approximate surface area is 166 Å². The number of carbonyl (C=O) groups excluding carboxylic acids is 1. The van der Waals surface area contributed by atoms with Crippen LogP contribution in [0.3, 0.4) is 0 Å². The zero-order valence-corrected chi connectivity index (χ0v) is 17.0. The number of primary sulfonamides is 1. The Kier molecular flexibility index (Phi) is 6.04. The highest BCUT2D eigenvalue weighted by atomic mass is 127. The third-order valence-corrected chi connectivity index (χ3v) is 6.84. The second-order valence-electron chi connectivity index (χ2n) is 5.36. The lowest BCUT2D eigenvalue weighted by Crippen LogP contribution is -2.23. The van der Waals surface area contributed by atoms with Gasteiger partial charge in [0.05, 0.1) is 10.5 Å². The fourth-order valence-corrected chi connectivity index (χ4v) is 5.42. The highest BCUT2D eigenvalue weighted by Gasteiger charge is 2.36. The molecule has 2 N–H and O–H groups in total. The Morgan fingerprint density at radius 3 is 2.07 bits per heavy atom. The van der Waals surface area contributed by atoms with Gasteiger partial charge in [0.2, 0.25) is 10.0 Å². The van der Waals surface area contributed by atoms with E-state index in [2.05, 4.69) is 0 Å². The summed E-state index contributed by atoms with van der Waals surface area (Å²) in [7, 11) is -9.00. The summed E-state index contributed by atoms with van der Waals surface area (Å²) in [5, 5.41) is 4.97. The van der Waals surface area contributed by atoms with Gasteiger partial charge >= 0.3 is 6.18 Å². The molecule has 2 rings (SSSR count). The van der Waals surface area contributed by atoms with Gasteiger partial charge in [0.25, 0.3) is 0 Å². The molecule has 146 valence electrons. The lowest BCUT2D eigenvalue weighted by molar-refractivity contribution is -0.137. The fourth-order valence-electron chi connectivity index (χ4n) is 2.26. The van der Waals surface area contributed by atoms with Crippen molar-refractivity contribution in [2.75, 3.05) is 5.75 Å². The number of carbonyl (C=O) groups is 1. The lowest BCUT2D eigenvalue weighted by atomic mass is 10.0. The van der Waals surface area contributed by atoms with Crippen LogP contribution in [0.15, 0.2) is 52.3 Å². The van der Waals surface area contributed by atoms with Crippen LogP contribution in [0.5, 0.6) is 0 Å². The van der Waals surface area contributed by atoms with Crippen LogP contribution in [-0.4, -0.2) is 28.4 Å². The number of hydrogen-bond acceptors (Lipinski definition) is 5. The topological polar surface area (TPSA) is 111 Å². The molecule has 0 fully saturated rings. The second kappa shape index (κ2) is 7.48. The van der Waals surface area contributed by atoms with E-state index in [9.17, 15) is 34.8 Å². The van der Waals surface area contributed by atoms with Gasteiger partial charge in [0.15, 0.2) is 15.6 Å². The van der Waals surface area contributed by atoms with Crippen molar-refractivity contribution < 1.29 is 34.8 Å². The van der Waals surface area contributed by atoms with E-state index in [1.165, 1.54) is 18.2 Å². The molecule has 2 aromatic carbocycles. The summed E-state index contributed by atoms with van der Waals surface area (Å²) in [4.78, 5) is 10.8. The number of nitrogens with two attached hydrogens (primary N) is 1. The Morgan fingerprint density at radius 1 is 1.00 bits per heavy atom. The Morgan fingerprint density at radius 2 is 1.56 bits per heavy atom. The minimum absolute atomic E-state index is 0.207. The van der Waals surface area contributed by atoms with Crippen LogP contribution in [0.1, 0.15) is 15.9 Å². The number of halogens is 4. The molecular formula is C15H11F3INO5S2. The molecule has 0 spiro atoms. The van der Waals surface area contributed by atoms with Crippen molar-refractivity contribution in [1.29, 1.82) is 0 Å². The van der Waals surface area contributed by atoms with Crippen molar-refractivity contribution in [3.8, 4) is 0 Å². The highest BCUT2D eigenvalue weighted by Crippen LogP contribution is 2.34. The molecule has 0 saturated heterocycles. The number of rotatable bonds is 5. The molecule has 0 heterocycles. The summed E-state index contributed by atoms with van der Waals surface area (Å²) in [6.45, 7) is 0. The molecule has 2 aromatic rings. The predicted octanol–water partition coefficient (Wildman–Crippen LogP) is 2.61. The molecule has 0 aliphatic carbocycles. The molecule has 0 bridgehead atoms. The summed E-state index contributed by atoms with van der Waals surface area (Å²) in [6, 6.07) is 7.11. The summed E-state index contributed by atoms with van der Waals surface area (Å²) in [5.41, 5.74) is -2.09. The van der Waals surface area contributed by atoms with E-state index in [0.29, 0.717) is 0 Å². The minimum Gasteiger partial charge on any atom is -0.293 e.